The van der Waals surface area contributed by atoms with Crippen LogP contribution in [0, 0.1) is 0 Å². The molecule has 1 heterocycles. The van der Waals surface area contributed by atoms with Gasteiger partial charge in [-0.25, -0.2) is 0 Å². The fourth-order valence-corrected chi connectivity index (χ4v) is 5.62. The molecule has 262 valence electrons. The van der Waals surface area contributed by atoms with Gasteiger partial charge in [0.2, 0.25) is 23.6 Å². The Balaban J connectivity index is 1.73. The lowest BCUT2D eigenvalue weighted by Gasteiger charge is -2.26. The van der Waals surface area contributed by atoms with Gasteiger partial charge in [-0.3, -0.25) is 24.0 Å². The summed E-state index contributed by atoms with van der Waals surface area (Å²) in [6.07, 6.45) is 3.94. The highest BCUT2D eigenvalue weighted by molar-refractivity contribution is 5.95. The monoisotopic (exact) mass is 665 g/mol. The maximum absolute atomic E-state index is 13.8. The van der Waals surface area contributed by atoms with Crippen LogP contribution in [0.1, 0.15) is 63.0 Å². The standard InChI is InChI=1S/C35H51N7O6/c1-2-3-16-27(33(45)40-28(17-10-11-18-36)32(44)39-25-21-30(35(47)48)38-22-25)41-34(46)29(20-24-14-8-5-9-15-24)42-31(43)26(37)19-23-12-6-4-7-13-23/h4-9,12-15,25-30,38H,2-3,10-11,16-22,36-37H2,1H3,(H,39,44)(H,40,45)(H,41,46)(H,42,43)(H,47,48)/t25-,26-,27-,28-,29-,30+/m1/s1. The number of rotatable bonds is 20. The zero-order valence-corrected chi connectivity index (χ0v) is 27.7. The third-order valence-electron chi connectivity index (χ3n) is 8.39. The summed E-state index contributed by atoms with van der Waals surface area (Å²) in [4.78, 5) is 65.4. The summed E-state index contributed by atoms with van der Waals surface area (Å²) >= 11 is 0. The van der Waals surface area contributed by atoms with E-state index in [2.05, 4.69) is 26.6 Å². The summed E-state index contributed by atoms with van der Waals surface area (Å²) in [6.45, 7) is 2.69. The Morgan fingerprint density at radius 3 is 1.88 bits per heavy atom. The zero-order valence-electron chi connectivity index (χ0n) is 27.7. The van der Waals surface area contributed by atoms with E-state index in [1.165, 1.54) is 0 Å². The number of nitrogens with one attached hydrogen (secondary N) is 5. The van der Waals surface area contributed by atoms with Crippen LogP contribution in [0.15, 0.2) is 60.7 Å². The largest absolute Gasteiger partial charge is 0.480 e. The molecule has 4 amide bonds. The highest BCUT2D eigenvalue weighted by Crippen LogP contribution is 2.11. The van der Waals surface area contributed by atoms with Crippen molar-refractivity contribution >= 4 is 29.6 Å². The highest BCUT2D eigenvalue weighted by atomic mass is 16.4. The zero-order chi connectivity index (χ0) is 34.9. The van der Waals surface area contributed by atoms with Crippen LogP contribution in [0.2, 0.25) is 0 Å². The third-order valence-corrected chi connectivity index (χ3v) is 8.39. The summed E-state index contributed by atoms with van der Waals surface area (Å²) in [5.74, 6) is -2.98. The molecule has 1 fully saturated rings. The first-order valence-electron chi connectivity index (χ1n) is 16.8. The fraction of sp³-hybridized carbons (Fsp3) is 0.514. The van der Waals surface area contributed by atoms with E-state index in [0.29, 0.717) is 45.2 Å². The van der Waals surface area contributed by atoms with E-state index in [-0.39, 0.29) is 19.3 Å². The maximum atomic E-state index is 13.8. The van der Waals surface area contributed by atoms with Gasteiger partial charge in [0.25, 0.3) is 0 Å². The molecule has 0 bridgehead atoms. The van der Waals surface area contributed by atoms with Crippen LogP contribution in [0.4, 0.5) is 0 Å². The maximum Gasteiger partial charge on any atom is 0.320 e. The predicted octanol–water partition coefficient (Wildman–Crippen LogP) is 0.504. The number of carboxylic acid groups (broad SMARTS) is 1. The third kappa shape index (κ3) is 12.7. The molecular weight excluding hydrogens is 614 g/mol. The van der Waals surface area contributed by atoms with Crippen molar-refractivity contribution in [1.82, 2.24) is 26.6 Å². The number of aliphatic carboxylic acids is 1. The van der Waals surface area contributed by atoms with Gasteiger partial charge >= 0.3 is 5.97 Å². The molecule has 0 aromatic heterocycles. The van der Waals surface area contributed by atoms with Crippen LogP contribution in [-0.2, 0) is 36.8 Å². The second kappa shape index (κ2) is 20.1. The lowest BCUT2D eigenvalue weighted by Crippen LogP contribution is -2.58. The van der Waals surface area contributed by atoms with Crippen molar-refractivity contribution in [1.29, 1.82) is 0 Å². The van der Waals surface area contributed by atoms with E-state index in [4.69, 9.17) is 11.5 Å². The summed E-state index contributed by atoms with van der Waals surface area (Å²) < 4.78 is 0. The van der Waals surface area contributed by atoms with Crippen LogP contribution in [-0.4, -0.2) is 84.0 Å². The number of carbonyl (C=O) groups excluding carboxylic acids is 4. The Bertz CT molecular complexity index is 1330. The number of hydrogen-bond donors (Lipinski definition) is 8. The van der Waals surface area contributed by atoms with Crippen molar-refractivity contribution in [3.8, 4) is 0 Å². The Morgan fingerprint density at radius 1 is 0.771 bits per heavy atom. The molecule has 2 aromatic rings. The van der Waals surface area contributed by atoms with E-state index >= 15 is 0 Å². The smallest absolute Gasteiger partial charge is 0.320 e. The Morgan fingerprint density at radius 2 is 1.31 bits per heavy atom. The van der Waals surface area contributed by atoms with E-state index < -0.39 is 65.8 Å². The minimum atomic E-state index is -1.01. The molecule has 6 atom stereocenters. The molecule has 10 N–H and O–H groups in total. The van der Waals surface area contributed by atoms with E-state index in [0.717, 1.165) is 17.5 Å². The summed E-state index contributed by atoms with van der Waals surface area (Å²) in [7, 11) is 0. The lowest BCUT2D eigenvalue weighted by atomic mass is 10.0. The van der Waals surface area contributed by atoms with Crippen LogP contribution in [0.3, 0.4) is 0 Å². The van der Waals surface area contributed by atoms with Crippen LogP contribution >= 0.6 is 0 Å². The predicted molar refractivity (Wildman–Crippen MR) is 182 cm³/mol. The van der Waals surface area contributed by atoms with Gasteiger partial charge in [-0.15, -0.1) is 0 Å². The number of hydrogen-bond acceptors (Lipinski definition) is 8. The number of carboxylic acids is 1. The summed E-state index contributed by atoms with van der Waals surface area (Å²) in [6, 6.07) is 13.6. The van der Waals surface area contributed by atoms with Gasteiger partial charge in [-0.2, -0.15) is 0 Å². The van der Waals surface area contributed by atoms with Crippen LogP contribution < -0.4 is 38.1 Å². The van der Waals surface area contributed by atoms with Gasteiger partial charge in [0.05, 0.1) is 6.04 Å². The first kappa shape index (κ1) is 38.1. The summed E-state index contributed by atoms with van der Waals surface area (Å²) in [5, 5.41) is 23.5. The molecule has 48 heavy (non-hydrogen) atoms. The van der Waals surface area contributed by atoms with Gasteiger partial charge in [-0.05, 0) is 56.2 Å². The molecular formula is C35H51N7O6. The molecule has 1 aliphatic heterocycles. The lowest BCUT2D eigenvalue weighted by molar-refractivity contribution is -0.139. The van der Waals surface area contributed by atoms with Crippen LogP contribution in [0.5, 0.6) is 0 Å². The van der Waals surface area contributed by atoms with Crippen molar-refractivity contribution in [2.75, 3.05) is 13.1 Å². The molecule has 1 saturated heterocycles. The molecule has 2 aromatic carbocycles. The van der Waals surface area contributed by atoms with E-state index in [1.54, 1.807) is 0 Å². The average Bonchev–Trinajstić information content (AvgIpc) is 3.55. The van der Waals surface area contributed by atoms with E-state index in [9.17, 15) is 29.1 Å². The second-order valence-electron chi connectivity index (χ2n) is 12.3. The first-order chi connectivity index (χ1) is 23.1. The van der Waals surface area contributed by atoms with Crippen molar-refractivity contribution < 1.29 is 29.1 Å². The molecule has 0 radical (unpaired) electrons. The van der Waals surface area contributed by atoms with Gasteiger partial charge < -0.3 is 43.2 Å². The molecule has 13 nitrogen and oxygen atoms in total. The van der Waals surface area contributed by atoms with Crippen LogP contribution in [0.25, 0.3) is 0 Å². The highest BCUT2D eigenvalue weighted by Gasteiger charge is 2.33. The number of nitrogens with two attached hydrogens (primary N) is 2. The minimum absolute atomic E-state index is 0.176. The first-order valence-corrected chi connectivity index (χ1v) is 16.8. The number of amides is 4. The Hall–Kier alpha value is -4.33. The van der Waals surface area contributed by atoms with Crippen molar-refractivity contribution in [3.05, 3.63) is 71.8 Å². The SMILES string of the molecule is CCCC[C@@H](NC(=O)[C@@H](Cc1ccccc1)NC(=O)[C@H](N)Cc1ccccc1)C(=O)N[C@H](CCCCN)C(=O)N[C@H]1CN[C@H](C(=O)O)C1. The molecule has 0 saturated carbocycles. The van der Waals surface area contributed by atoms with Gasteiger partial charge in [0, 0.05) is 19.0 Å². The van der Waals surface area contributed by atoms with Crippen molar-refractivity contribution in [2.45, 2.75) is 101 Å². The topological polar surface area (TPSA) is 218 Å². The Kier molecular flexibility index (Phi) is 16.0. The summed E-state index contributed by atoms with van der Waals surface area (Å²) in [5.41, 5.74) is 13.6. The molecule has 13 heteroatoms. The molecule has 3 rings (SSSR count). The molecule has 0 unspecified atom stereocenters. The molecule has 0 aliphatic carbocycles. The quantitative estimate of drug-likeness (QED) is 0.0923. The van der Waals surface area contributed by atoms with Gasteiger partial charge in [0.1, 0.15) is 24.2 Å². The number of unbranched alkanes of at least 4 members (excludes halogenated alkanes) is 2. The fourth-order valence-electron chi connectivity index (χ4n) is 5.62. The normalized spacial score (nSPS) is 18.1. The molecule has 0 spiro atoms. The average molecular weight is 666 g/mol. The number of carbonyl (C=O) groups is 5. The number of benzene rings is 2. The molecule has 1 aliphatic rings. The van der Waals surface area contributed by atoms with E-state index in [1.807, 2.05) is 67.6 Å². The second-order valence-corrected chi connectivity index (χ2v) is 12.3. The van der Waals surface area contributed by atoms with Crippen molar-refractivity contribution in [2.24, 2.45) is 11.5 Å². The minimum Gasteiger partial charge on any atom is -0.480 e. The van der Waals surface area contributed by atoms with Gasteiger partial charge in [-0.1, -0.05) is 80.4 Å². The van der Waals surface area contributed by atoms with Gasteiger partial charge in [0.15, 0.2) is 0 Å². The van der Waals surface area contributed by atoms with Crippen molar-refractivity contribution in [3.63, 3.8) is 0 Å². The Labute approximate surface area is 282 Å².